The van der Waals surface area contributed by atoms with Gasteiger partial charge in [0, 0.05) is 10.2 Å². The summed E-state index contributed by atoms with van der Waals surface area (Å²) in [5.74, 6) is 0. The second-order valence-electron chi connectivity index (χ2n) is 4.37. The average molecular weight is 356 g/mol. The van der Waals surface area contributed by atoms with Crippen molar-refractivity contribution < 1.29 is 8.42 Å². The molecule has 106 valence electrons. The Morgan fingerprint density at radius 3 is 2.50 bits per heavy atom. The third-order valence-electron chi connectivity index (χ3n) is 2.73. The molecule has 0 atom stereocenters. The van der Waals surface area contributed by atoms with Crippen LogP contribution in [0.25, 0.3) is 0 Å². The number of sulfonamides is 1. The molecule has 3 N–H and O–H groups in total. The van der Waals surface area contributed by atoms with Crippen LogP contribution in [0.2, 0.25) is 0 Å². The van der Waals surface area contributed by atoms with Crippen LogP contribution in [0.1, 0.15) is 11.4 Å². The summed E-state index contributed by atoms with van der Waals surface area (Å²) in [7, 11) is -3.73. The summed E-state index contributed by atoms with van der Waals surface area (Å²) < 4.78 is 27.9. The fraction of sp³-hybridized carbons (Fsp3) is 0.154. The molecular weight excluding hydrogens is 342 g/mol. The van der Waals surface area contributed by atoms with Crippen LogP contribution in [-0.4, -0.2) is 13.4 Å². The summed E-state index contributed by atoms with van der Waals surface area (Å²) in [5.41, 5.74) is 7.83. The molecule has 1 aromatic heterocycles. The summed E-state index contributed by atoms with van der Waals surface area (Å²) in [4.78, 5) is 4.26. The van der Waals surface area contributed by atoms with Crippen molar-refractivity contribution in [2.45, 2.75) is 18.7 Å². The minimum atomic E-state index is -3.73. The van der Waals surface area contributed by atoms with E-state index < -0.39 is 10.0 Å². The Kier molecular flexibility index (Phi) is 4.01. The van der Waals surface area contributed by atoms with E-state index in [0.29, 0.717) is 11.4 Å². The number of nitrogens with one attached hydrogen (secondary N) is 1. The van der Waals surface area contributed by atoms with E-state index in [9.17, 15) is 8.42 Å². The predicted molar refractivity (Wildman–Crippen MR) is 83.1 cm³/mol. The molecule has 0 bridgehead atoms. The van der Waals surface area contributed by atoms with E-state index in [1.807, 2.05) is 6.92 Å². The molecule has 2 aromatic rings. The van der Waals surface area contributed by atoms with Crippen molar-refractivity contribution in [1.82, 2.24) is 4.98 Å². The number of anilines is 2. The molecule has 0 aliphatic heterocycles. The summed E-state index contributed by atoms with van der Waals surface area (Å²) in [6.45, 7) is 3.59. The maximum absolute atomic E-state index is 12.3. The molecule has 0 unspecified atom stereocenters. The van der Waals surface area contributed by atoms with Gasteiger partial charge in [-0.3, -0.25) is 9.71 Å². The number of aromatic nitrogens is 1. The first kappa shape index (κ1) is 14.8. The molecule has 0 saturated carbocycles. The van der Waals surface area contributed by atoms with Gasteiger partial charge in [0.05, 0.1) is 17.1 Å². The number of rotatable bonds is 3. The quantitative estimate of drug-likeness (QED) is 0.829. The molecule has 1 aromatic carbocycles. The molecule has 0 spiro atoms. The Morgan fingerprint density at radius 1 is 1.20 bits per heavy atom. The van der Waals surface area contributed by atoms with Crippen LogP contribution in [0.3, 0.4) is 0 Å². The van der Waals surface area contributed by atoms with Crippen molar-refractivity contribution in [3.05, 3.63) is 46.2 Å². The normalized spacial score (nSPS) is 11.3. The SMILES string of the molecule is Cc1ccc(NS(=O)(=O)c2ccc(Br)cc2N)c(C)n1. The second kappa shape index (κ2) is 5.41. The van der Waals surface area contributed by atoms with Gasteiger partial charge in [-0.25, -0.2) is 8.42 Å². The number of pyridine rings is 1. The largest absolute Gasteiger partial charge is 0.398 e. The highest BCUT2D eigenvalue weighted by atomic mass is 79.9. The van der Waals surface area contributed by atoms with Crippen LogP contribution in [0, 0.1) is 13.8 Å². The van der Waals surface area contributed by atoms with E-state index in [0.717, 1.165) is 10.2 Å². The molecule has 0 amide bonds. The predicted octanol–water partition coefficient (Wildman–Crippen LogP) is 2.84. The van der Waals surface area contributed by atoms with Crippen molar-refractivity contribution in [3.63, 3.8) is 0 Å². The number of benzene rings is 1. The Morgan fingerprint density at radius 2 is 1.90 bits per heavy atom. The first-order valence-electron chi connectivity index (χ1n) is 5.82. The highest BCUT2D eigenvalue weighted by molar-refractivity contribution is 9.10. The molecule has 0 radical (unpaired) electrons. The lowest BCUT2D eigenvalue weighted by atomic mass is 10.3. The third-order valence-corrected chi connectivity index (χ3v) is 4.66. The Bertz CT molecular complexity index is 760. The smallest absolute Gasteiger partial charge is 0.264 e. The maximum Gasteiger partial charge on any atom is 0.264 e. The van der Waals surface area contributed by atoms with Gasteiger partial charge in [-0.1, -0.05) is 15.9 Å². The van der Waals surface area contributed by atoms with Gasteiger partial charge in [-0.2, -0.15) is 0 Å². The van der Waals surface area contributed by atoms with Crippen molar-refractivity contribution in [2.75, 3.05) is 10.5 Å². The number of hydrogen-bond donors (Lipinski definition) is 2. The lowest BCUT2D eigenvalue weighted by Crippen LogP contribution is -2.16. The van der Waals surface area contributed by atoms with Gasteiger partial charge in [0.2, 0.25) is 0 Å². The lowest BCUT2D eigenvalue weighted by Gasteiger charge is -2.12. The molecule has 0 saturated heterocycles. The van der Waals surface area contributed by atoms with Gasteiger partial charge in [0.25, 0.3) is 10.0 Å². The molecule has 0 aliphatic rings. The molecule has 0 aliphatic carbocycles. The van der Waals surface area contributed by atoms with Crippen LogP contribution in [0.15, 0.2) is 39.7 Å². The standard InChI is InChI=1S/C13H14BrN3O2S/c1-8-3-5-12(9(2)16-8)17-20(18,19)13-6-4-10(14)7-11(13)15/h3-7,17H,15H2,1-2H3. The number of halogens is 1. The van der Waals surface area contributed by atoms with Crippen molar-refractivity contribution in [3.8, 4) is 0 Å². The Labute approximate surface area is 126 Å². The average Bonchev–Trinajstić information content (AvgIpc) is 2.32. The van der Waals surface area contributed by atoms with Crippen molar-refractivity contribution in [1.29, 1.82) is 0 Å². The molecule has 2 rings (SSSR count). The topological polar surface area (TPSA) is 85.1 Å². The fourth-order valence-electron chi connectivity index (χ4n) is 1.76. The third kappa shape index (κ3) is 3.10. The number of hydrogen-bond acceptors (Lipinski definition) is 4. The second-order valence-corrected chi connectivity index (χ2v) is 6.94. The first-order chi connectivity index (χ1) is 9.29. The van der Waals surface area contributed by atoms with E-state index in [4.69, 9.17) is 5.73 Å². The van der Waals surface area contributed by atoms with Crippen molar-refractivity contribution in [2.24, 2.45) is 0 Å². The minimum Gasteiger partial charge on any atom is -0.398 e. The van der Waals surface area contributed by atoms with Gasteiger partial charge in [0.1, 0.15) is 4.90 Å². The highest BCUT2D eigenvalue weighted by Crippen LogP contribution is 2.25. The number of nitrogen functional groups attached to an aromatic ring is 1. The molecule has 0 fully saturated rings. The Balaban J connectivity index is 2.41. The van der Waals surface area contributed by atoms with E-state index >= 15 is 0 Å². The van der Waals surface area contributed by atoms with Crippen molar-refractivity contribution >= 4 is 37.3 Å². The van der Waals surface area contributed by atoms with Crippen LogP contribution in [-0.2, 0) is 10.0 Å². The van der Waals surface area contributed by atoms with Crippen LogP contribution < -0.4 is 10.5 Å². The minimum absolute atomic E-state index is 0.0423. The summed E-state index contributed by atoms with van der Waals surface area (Å²) in [5, 5.41) is 0. The zero-order chi connectivity index (χ0) is 14.9. The van der Waals surface area contributed by atoms with E-state index in [2.05, 4.69) is 25.6 Å². The molecule has 1 heterocycles. The maximum atomic E-state index is 12.3. The molecule has 20 heavy (non-hydrogen) atoms. The van der Waals surface area contributed by atoms with Crippen LogP contribution in [0.5, 0.6) is 0 Å². The van der Waals surface area contributed by atoms with Gasteiger partial charge in [-0.05, 0) is 44.2 Å². The zero-order valence-electron chi connectivity index (χ0n) is 11.0. The van der Waals surface area contributed by atoms with Gasteiger partial charge in [0.15, 0.2) is 0 Å². The van der Waals surface area contributed by atoms with Gasteiger partial charge >= 0.3 is 0 Å². The molecule has 7 heteroatoms. The van der Waals surface area contributed by atoms with Gasteiger partial charge < -0.3 is 5.73 Å². The highest BCUT2D eigenvalue weighted by Gasteiger charge is 2.18. The zero-order valence-corrected chi connectivity index (χ0v) is 13.4. The monoisotopic (exact) mass is 355 g/mol. The van der Waals surface area contributed by atoms with E-state index in [-0.39, 0.29) is 10.6 Å². The van der Waals surface area contributed by atoms with Crippen LogP contribution >= 0.6 is 15.9 Å². The van der Waals surface area contributed by atoms with Crippen LogP contribution in [0.4, 0.5) is 11.4 Å². The lowest BCUT2D eigenvalue weighted by molar-refractivity contribution is 0.601. The first-order valence-corrected chi connectivity index (χ1v) is 8.09. The summed E-state index contributed by atoms with van der Waals surface area (Å²) >= 11 is 3.24. The Hall–Kier alpha value is -1.60. The van der Waals surface area contributed by atoms with E-state index in [1.165, 1.54) is 6.07 Å². The summed E-state index contributed by atoms with van der Waals surface area (Å²) in [6, 6.07) is 8.07. The van der Waals surface area contributed by atoms with Gasteiger partial charge in [-0.15, -0.1) is 0 Å². The fourth-order valence-corrected chi connectivity index (χ4v) is 3.37. The number of aryl methyl sites for hydroxylation is 2. The number of nitrogens with two attached hydrogens (primary N) is 1. The molecular formula is C13H14BrN3O2S. The number of nitrogens with zero attached hydrogens (tertiary/aromatic N) is 1. The molecule has 5 nitrogen and oxygen atoms in total. The summed E-state index contributed by atoms with van der Waals surface area (Å²) in [6.07, 6.45) is 0. The van der Waals surface area contributed by atoms with E-state index in [1.54, 1.807) is 31.2 Å².